The van der Waals surface area contributed by atoms with Gasteiger partial charge in [0.05, 0.1) is 7.11 Å². The highest BCUT2D eigenvalue weighted by molar-refractivity contribution is 5.40. The molecule has 0 saturated heterocycles. The molecule has 2 aromatic rings. The van der Waals surface area contributed by atoms with E-state index >= 15 is 0 Å². The van der Waals surface area contributed by atoms with E-state index in [0.717, 1.165) is 49.5 Å². The Balaban J connectivity index is 1.84. The highest BCUT2D eigenvalue weighted by Gasteiger charge is 2.08. The zero-order valence-corrected chi connectivity index (χ0v) is 14.9. The SMILES string of the molecule is CCCN(CCOc1ccccc1OC)CCc1ccc(O)c(O)c1. The topological polar surface area (TPSA) is 62.2 Å². The standard InChI is InChI=1S/C20H27NO4/c1-3-11-21(12-10-16-8-9-17(22)18(23)15-16)13-14-25-20-7-5-4-6-19(20)24-2/h4-9,15,22-23H,3,10-14H2,1-2H3. The number of phenols is 2. The van der Waals surface area contributed by atoms with Crippen LogP contribution in [0.1, 0.15) is 18.9 Å². The summed E-state index contributed by atoms with van der Waals surface area (Å²) in [5.74, 6) is 1.34. The first-order chi connectivity index (χ1) is 12.1. The molecular weight excluding hydrogens is 318 g/mol. The number of hydrogen-bond donors (Lipinski definition) is 2. The van der Waals surface area contributed by atoms with Gasteiger partial charge in [0.1, 0.15) is 6.61 Å². The lowest BCUT2D eigenvalue weighted by molar-refractivity contribution is 0.206. The van der Waals surface area contributed by atoms with Gasteiger partial charge in [-0.2, -0.15) is 0 Å². The van der Waals surface area contributed by atoms with Crippen molar-refractivity contribution in [2.75, 3.05) is 33.4 Å². The summed E-state index contributed by atoms with van der Waals surface area (Å²) in [6, 6.07) is 12.6. The predicted octanol–water partition coefficient (Wildman–Crippen LogP) is 3.44. The molecule has 0 bridgehead atoms. The smallest absolute Gasteiger partial charge is 0.161 e. The summed E-state index contributed by atoms with van der Waals surface area (Å²) in [6.45, 7) is 5.41. The average molecular weight is 345 g/mol. The second-order valence-corrected chi connectivity index (χ2v) is 5.91. The lowest BCUT2D eigenvalue weighted by atomic mass is 10.1. The Hall–Kier alpha value is -2.40. The molecule has 0 spiro atoms. The van der Waals surface area contributed by atoms with Crippen LogP contribution in [-0.4, -0.2) is 48.5 Å². The second-order valence-electron chi connectivity index (χ2n) is 5.91. The summed E-state index contributed by atoms with van der Waals surface area (Å²) in [4.78, 5) is 2.33. The average Bonchev–Trinajstić information content (AvgIpc) is 2.63. The monoisotopic (exact) mass is 345 g/mol. The van der Waals surface area contributed by atoms with Gasteiger partial charge >= 0.3 is 0 Å². The molecule has 0 radical (unpaired) electrons. The Morgan fingerprint density at radius 2 is 1.68 bits per heavy atom. The minimum atomic E-state index is -0.0839. The van der Waals surface area contributed by atoms with Gasteiger partial charge in [0.15, 0.2) is 23.0 Å². The normalized spacial score (nSPS) is 10.8. The van der Waals surface area contributed by atoms with Gasteiger partial charge in [-0.05, 0) is 49.2 Å². The number of benzene rings is 2. The molecule has 2 aromatic carbocycles. The Morgan fingerprint density at radius 3 is 2.36 bits per heavy atom. The lowest BCUT2D eigenvalue weighted by Crippen LogP contribution is -2.31. The van der Waals surface area contributed by atoms with Crippen LogP contribution in [0.3, 0.4) is 0 Å². The minimum absolute atomic E-state index is 0.0703. The molecule has 2 rings (SSSR count). The summed E-state index contributed by atoms with van der Waals surface area (Å²) < 4.78 is 11.1. The van der Waals surface area contributed by atoms with Crippen molar-refractivity contribution in [3.8, 4) is 23.0 Å². The van der Waals surface area contributed by atoms with E-state index in [4.69, 9.17) is 9.47 Å². The second kappa shape index (κ2) is 9.79. The first-order valence-electron chi connectivity index (χ1n) is 8.63. The number of para-hydroxylation sites is 2. The van der Waals surface area contributed by atoms with Gasteiger partial charge in [-0.25, -0.2) is 0 Å². The van der Waals surface area contributed by atoms with Crippen molar-refractivity contribution in [1.82, 2.24) is 4.90 Å². The van der Waals surface area contributed by atoms with Crippen molar-refractivity contribution < 1.29 is 19.7 Å². The fourth-order valence-electron chi connectivity index (χ4n) is 2.69. The quantitative estimate of drug-likeness (QED) is 0.646. The number of rotatable bonds is 10. The van der Waals surface area contributed by atoms with Crippen LogP contribution in [0.15, 0.2) is 42.5 Å². The maximum atomic E-state index is 9.59. The highest BCUT2D eigenvalue weighted by Crippen LogP contribution is 2.26. The van der Waals surface area contributed by atoms with E-state index in [1.165, 1.54) is 6.07 Å². The molecule has 136 valence electrons. The molecule has 0 aromatic heterocycles. The third-order valence-corrected chi connectivity index (χ3v) is 4.03. The maximum absolute atomic E-state index is 9.59. The third-order valence-electron chi connectivity index (χ3n) is 4.03. The van der Waals surface area contributed by atoms with Gasteiger partial charge in [0, 0.05) is 13.1 Å². The van der Waals surface area contributed by atoms with Gasteiger partial charge in [-0.1, -0.05) is 25.1 Å². The van der Waals surface area contributed by atoms with Crippen LogP contribution in [0.5, 0.6) is 23.0 Å². The van der Waals surface area contributed by atoms with Gasteiger partial charge < -0.3 is 19.7 Å². The van der Waals surface area contributed by atoms with Crippen LogP contribution in [-0.2, 0) is 6.42 Å². The van der Waals surface area contributed by atoms with Gasteiger partial charge in [0.25, 0.3) is 0 Å². The van der Waals surface area contributed by atoms with E-state index < -0.39 is 0 Å². The molecule has 0 atom stereocenters. The Kier molecular flexibility index (Phi) is 7.41. The summed E-state index contributed by atoms with van der Waals surface area (Å²) in [7, 11) is 1.64. The first-order valence-corrected chi connectivity index (χ1v) is 8.63. The minimum Gasteiger partial charge on any atom is -0.504 e. The first kappa shape index (κ1) is 18.9. The van der Waals surface area contributed by atoms with Crippen molar-refractivity contribution in [3.05, 3.63) is 48.0 Å². The predicted molar refractivity (Wildman–Crippen MR) is 98.7 cm³/mol. The molecule has 0 unspecified atom stereocenters. The summed E-state index contributed by atoms with van der Waals surface area (Å²) >= 11 is 0. The van der Waals surface area contributed by atoms with Crippen LogP contribution in [0, 0.1) is 0 Å². The van der Waals surface area contributed by atoms with E-state index in [1.807, 2.05) is 30.3 Å². The maximum Gasteiger partial charge on any atom is 0.161 e. The molecule has 5 nitrogen and oxygen atoms in total. The number of ether oxygens (including phenoxy) is 2. The third kappa shape index (κ3) is 5.87. The van der Waals surface area contributed by atoms with Crippen LogP contribution in [0.25, 0.3) is 0 Å². The summed E-state index contributed by atoms with van der Waals surface area (Å²) in [5, 5.41) is 19.0. The van der Waals surface area contributed by atoms with Crippen LogP contribution >= 0.6 is 0 Å². The zero-order valence-electron chi connectivity index (χ0n) is 14.9. The van der Waals surface area contributed by atoms with Crippen molar-refractivity contribution in [3.63, 3.8) is 0 Å². The molecule has 0 aliphatic heterocycles. The van der Waals surface area contributed by atoms with E-state index in [9.17, 15) is 10.2 Å². The van der Waals surface area contributed by atoms with Crippen LogP contribution in [0.2, 0.25) is 0 Å². The molecule has 0 saturated carbocycles. The fourth-order valence-corrected chi connectivity index (χ4v) is 2.69. The van der Waals surface area contributed by atoms with Gasteiger partial charge in [-0.15, -0.1) is 0 Å². The van der Waals surface area contributed by atoms with E-state index in [1.54, 1.807) is 13.2 Å². The molecule has 0 fully saturated rings. The van der Waals surface area contributed by atoms with E-state index in [2.05, 4.69) is 11.8 Å². The van der Waals surface area contributed by atoms with Crippen molar-refractivity contribution in [1.29, 1.82) is 0 Å². The molecule has 0 aliphatic rings. The van der Waals surface area contributed by atoms with Crippen LogP contribution < -0.4 is 9.47 Å². The summed E-state index contributed by atoms with van der Waals surface area (Å²) in [6.07, 6.45) is 1.87. The molecule has 25 heavy (non-hydrogen) atoms. The Bertz CT molecular complexity index is 660. The molecular formula is C20H27NO4. The van der Waals surface area contributed by atoms with Gasteiger partial charge in [0.2, 0.25) is 0 Å². The highest BCUT2D eigenvalue weighted by atomic mass is 16.5. The Morgan fingerprint density at radius 1 is 0.920 bits per heavy atom. The van der Waals surface area contributed by atoms with Crippen LogP contribution in [0.4, 0.5) is 0 Å². The molecule has 5 heteroatoms. The zero-order chi connectivity index (χ0) is 18.1. The molecule has 0 aliphatic carbocycles. The van der Waals surface area contributed by atoms with E-state index in [0.29, 0.717) is 6.61 Å². The summed E-state index contributed by atoms with van der Waals surface area (Å²) in [5.41, 5.74) is 1.00. The number of aromatic hydroxyl groups is 2. The largest absolute Gasteiger partial charge is 0.504 e. The number of phenolic OH excluding ortho intramolecular Hbond substituents is 2. The van der Waals surface area contributed by atoms with Crippen molar-refractivity contribution >= 4 is 0 Å². The van der Waals surface area contributed by atoms with Gasteiger partial charge in [-0.3, -0.25) is 4.90 Å². The molecule has 2 N–H and O–H groups in total. The van der Waals surface area contributed by atoms with E-state index in [-0.39, 0.29) is 11.5 Å². The molecule has 0 heterocycles. The van der Waals surface area contributed by atoms with Crippen molar-refractivity contribution in [2.24, 2.45) is 0 Å². The molecule has 0 amide bonds. The number of hydrogen-bond acceptors (Lipinski definition) is 5. The van der Waals surface area contributed by atoms with Crippen molar-refractivity contribution in [2.45, 2.75) is 19.8 Å². The Labute approximate surface area is 149 Å². The number of nitrogens with zero attached hydrogens (tertiary/aromatic N) is 1. The number of methoxy groups -OCH3 is 1. The lowest BCUT2D eigenvalue weighted by Gasteiger charge is -2.22. The fraction of sp³-hybridized carbons (Fsp3) is 0.400.